The first-order valence-electron chi connectivity index (χ1n) is 12.7. The summed E-state index contributed by atoms with van der Waals surface area (Å²) in [5, 5.41) is 9.04. The van der Waals surface area contributed by atoms with E-state index in [0.29, 0.717) is 19.3 Å². The van der Waals surface area contributed by atoms with E-state index < -0.39 is 0 Å². The zero-order valence-corrected chi connectivity index (χ0v) is 20.5. The molecule has 1 saturated carbocycles. The molecule has 0 unspecified atom stereocenters. The lowest BCUT2D eigenvalue weighted by atomic mass is 9.92. The molecular formula is C27H44N2O4. The number of hydrogen-bond acceptors (Lipinski definition) is 5. The Morgan fingerprint density at radius 2 is 1.82 bits per heavy atom. The molecule has 0 aliphatic heterocycles. The highest BCUT2D eigenvalue weighted by atomic mass is 16.6. The lowest BCUT2D eigenvalue weighted by Gasteiger charge is -2.35. The van der Waals surface area contributed by atoms with Crippen LogP contribution in [0.5, 0.6) is 0 Å². The maximum absolute atomic E-state index is 12.7. The zero-order chi connectivity index (χ0) is 23.7. The van der Waals surface area contributed by atoms with E-state index in [2.05, 4.69) is 18.4 Å². The van der Waals surface area contributed by atoms with Crippen LogP contribution in [0, 0.1) is 0 Å². The minimum Gasteiger partial charge on any atom is -0.445 e. The summed E-state index contributed by atoms with van der Waals surface area (Å²) >= 11 is 0. The first-order chi connectivity index (χ1) is 16.2. The van der Waals surface area contributed by atoms with Crippen molar-refractivity contribution >= 4 is 6.09 Å². The van der Waals surface area contributed by atoms with E-state index in [1.807, 2.05) is 35.2 Å². The molecule has 186 valence electrons. The second-order valence-electron chi connectivity index (χ2n) is 8.85. The van der Waals surface area contributed by atoms with Crippen LogP contribution in [0.2, 0.25) is 0 Å². The van der Waals surface area contributed by atoms with Crippen molar-refractivity contribution in [1.29, 1.82) is 0 Å². The maximum atomic E-state index is 12.7. The first kappa shape index (κ1) is 27.4. The molecule has 33 heavy (non-hydrogen) atoms. The summed E-state index contributed by atoms with van der Waals surface area (Å²) in [6, 6.07) is 9.97. The predicted octanol–water partition coefficient (Wildman–Crippen LogP) is 5.01. The number of amides is 1. The van der Waals surface area contributed by atoms with Crippen LogP contribution in [0.3, 0.4) is 0 Å². The number of rotatable bonds is 16. The molecule has 0 spiro atoms. The van der Waals surface area contributed by atoms with Crippen molar-refractivity contribution < 1.29 is 19.4 Å². The Morgan fingerprint density at radius 1 is 1.09 bits per heavy atom. The molecule has 6 nitrogen and oxygen atoms in total. The van der Waals surface area contributed by atoms with Gasteiger partial charge in [0.1, 0.15) is 6.61 Å². The van der Waals surface area contributed by atoms with E-state index in [-0.39, 0.29) is 18.7 Å². The van der Waals surface area contributed by atoms with Gasteiger partial charge in [-0.25, -0.2) is 4.79 Å². The van der Waals surface area contributed by atoms with Crippen molar-refractivity contribution in [3.63, 3.8) is 0 Å². The van der Waals surface area contributed by atoms with Crippen molar-refractivity contribution in [2.45, 2.75) is 77.0 Å². The van der Waals surface area contributed by atoms with Crippen LogP contribution in [0.1, 0.15) is 63.9 Å². The van der Waals surface area contributed by atoms with Crippen LogP contribution in [-0.2, 0) is 16.1 Å². The monoisotopic (exact) mass is 460 g/mol. The van der Waals surface area contributed by atoms with Gasteiger partial charge in [0.2, 0.25) is 0 Å². The van der Waals surface area contributed by atoms with Crippen molar-refractivity contribution in [3.8, 4) is 0 Å². The molecular weight excluding hydrogens is 416 g/mol. The largest absolute Gasteiger partial charge is 0.445 e. The molecule has 0 bridgehead atoms. The Hall–Kier alpha value is -1.89. The third kappa shape index (κ3) is 10.7. The first-order valence-corrected chi connectivity index (χ1v) is 12.7. The van der Waals surface area contributed by atoms with Gasteiger partial charge in [0.15, 0.2) is 0 Å². The van der Waals surface area contributed by atoms with Gasteiger partial charge in [-0.1, -0.05) is 56.2 Å². The van der Waals surface area contributed by atoms with Crippen LogP contribution < -0.4 is 0 Å². The fourth-order valence-electron chi connectivity index (χ4n) is 4.45. The second kappa shape index (κ2) is 16.7. The number of nitrogens with zero attached hydrogens (tertiary/aromatic N) is 2. The van der Waals surface area contributed by atoms with Gasteiger partial charge in [0, 0.05) is 25.7 Å². The average molecular weight is 461 g/mol. The van der Waals surface area contributed by atoms with Crippen LogP contribution in [0.15, 0.2) is 43.0 Å². The van der Waals surface area contributed by atoms with Gasteiger partial charge in [-0.2, -0.15) is 0 Å². The summed E-state index contributed by atoms with van der Waals surface area (Å²) in [6.45, 7) is 10.7. The van der Waals surface area contributed by atoms with Gasteiger partial charge in [-0.05, 0) is 57.2 Å². The molecule has 1 aromatic rings. The Kier molecular flexibility index (Phi) is 13.8. The number of unbranched alkanes of at least 4 members (excludes halogenated alkanes) is 3. The van der Waals surface area contributed by atoms with Gasteiger partial charge in [-0.15, -0.1) is 6.58 Å². The molecule has 0 atom stereocenters. The summed E-state index contributed by atoms with van der Waals surface area (Å²) in [5.74, 6) is 0. The molecule has 1 amide bonds. The van der Waals surface area contributed by atoms with Crippen molar-refractivity contribution in [2.75, 3.05) is 39.4 Å². The third-order valence-electron chi connectivity index (χ3n) is 6.44. The van der Waals surface area contributed by atoms with E-state index in [0.717, 1.165) is 63.9 Å². The lowest BCUT2D eigenvalue weighted by Crippen LogP contribution is -2.43. The summed E-state index contributed by atoms with van der Waals surface area (Å²) in [6.07, 6.45) is 10.3. The van der Waals surface area contributed by atoms with Crippen molar-refractivity contribution in [2.24, 2.45) is 0 Å². The molecule has 1 aliphatic carbocycles. The van der Waals surface area contributed by atoms with Gasteiger partial charge in [0.25, 0.3) is 0 Å². The van der Waals surface area contributed by atoms with Crippen LogP contribution in [-0.4, -0.2) is 72.5 Å². The molecule has 0 aromatic heterocycles. The Balaban J connectivity index is 1.60. The number of carbonyl (C=O) groups is 1. The Bertz CT molecular complexity index is 647. The second-order valence-corrected chi connectivity index (χ2v) is 8.85. The van der Waals surface area contributed by atoms with Gasteiger partial charge in [-0.3, -0.25) is 0 Å². The van der Waals surface area contributed by atoms with Crippen LogP contribution in [0.25, 0.3) is 0 Å². The molecule has 1 aromatic carbocycles. The zero-order valence-electron chi connectivity index (χ0n) is 20.5. The standard InChI is InChI=1S/C27H44N2O4/c1-3-18-29(27(31)33-23-24-12-8-7-9-13-24)25-14-16-26(17-15-25)32-22-11-6-5-10-19-28(4-2)20-21-30/h3,7-9,12-13,25-26,30H,1,4-6,10-11,14-23H2,2H3. The van der Waals surface area contributed by atoms with Crippen molar-refractivity contribution in [1.82, 2.24) is 9.80 Å². The number of aliphatic hydroxyl groups is 1. The van der Waals surface area contributed by atoms with E-state index in [9.17, 15) is 4.79 Å². The molecule has 2 rings (SSSR count). The number of aliphatic hydroxyl groups excluding tert-OH is 1. The summed E-state index contributed by atoms with van der Waals surface area (Å²) in [5.41, 5.74) is 0.995. The Morgan fingerprint density at radius 3 is 2.48 bits per heavy atom. The van der Waals surface area contributed by atoms with Gasteiger partial charge < -0.3 is 24.4 Å². The highest BCUT2D eigenvalue weighted by Crippen LogP contribution is 2.26. The Labute approximate surface area is 200 Å². The number of ether oxygens (including phenoxy) is 2. The summed E-state index contributed by atoms with van der Waals surface area (Å²) < 4.78 is 11.7. The fraction of sp³-hybridized carbons (Fsp3) is 0.667. The lowest BCUT2D eigenvalue weighted by molar-refractivity contribution is 0.00491. The topological polar surface area (TPSA) is 62.2 Å². The van der Waals surface area contributed by atoms with E-state index >= 15 is 0 Å². The van der Waals surface area contributed by atoms with Crippen LogP contribution in [0.4, 0.5) is 4.79 Å². The number of benzene rings is 1. The smallest absolute Gasteiger partial charge is 0.410 e. The van der Waals surface area contributed by atoms with Gasteiger partial charge >= 0.3 is 6.09 Å². The molecule has 6 heteroatoms. The van der Waals surface area contributed by atoms with Gasteiger partial charge in [0.05, 0.1) is 12.7 Å². The molecule has 1 N–H and O–H groups in total. The third-order valence-corrected chi connectivity index (χ3v) is 6.44. The summed E-state index contributed by atoms with van der Waals surface area (Å²) in [4.78, 5) is 16.8. The molecule has 0 saturated heterocycles. The highest BCUT2D eigenvalue weighted by Gasteiger charge is 2.29. The normalized spacial score (nSPS) is 18.3. The number of carbonyl (C=O) groups excluding carboxylic acids is 1. The van der Waals surface area contributed by atoms with E-state index in [1.165, 1.54) is 19.3 Å². The van der Waals surface area contributed by atoms with Crippen LogP contribution >= 0.6 is 0 Å². The van der Waals surface area contributed by atoms with E-state index in [4.69, 9.17) is 14.6 Å². The maximum Gasteiger partial charge on any atom is 0.410 e. The molecule has 1 fully saturated rings. The minimum absolute atomic E-state index is 0.187. The molecule has 0 radical (unpaired) electrons. The fourth-order valence-corrected chi connectivity index (χ4v) is 4.45. The summed E-state index contributed by atoms with van der Waals surface area (Å²) in [7, 11) is 0. The minimum atomic E-state index is -0.260. The average Bonchev–Trinajstić information content (AvgIpc) is 2.85. The number of likely N-dealkylation sites (N-methyl/N-ethyl adjacent to an activating group) is 1. The van der Waals surface area contributed by atoms with Crippen molar-refractivity contribution in [3.05, 3.63) is 48.6 Å². The molecule has 1 aliphatic rings. The predicted molar refractivity (Wildman–Crippen MR) is 133 cm³/mol. The van der Waals surface area contributed by atoms with E-state index in [1.54, 1.807) is 6.08 Å². The quantitative estimate of drug-likeness (QED) is 0.277. The number of hydrogen-bond donors (Lipinski definition) is 1. The molecule has 0 heterocycles. The SMILES string of the molecule is C=CCN(C(=O)OCc1ccccc1)C1CCC(OCCCCCCN(CC)CCO)CC1. The highest BCUT2D eigenvalue weighted by molar-refractivity contribution is 5.68.